The Morgan fingerprint density at radius 2 is 2.47 bits per heavy atom. The number of hydrogen-bond donors (Lipinski definition) is 3. The lowest BCUT2D eigenvalue weighted by molar-refractivity contribution is -0.125. The van der Waals surface area contributed by atoms with Gasteiger partial charge in [0.15, 0.2) is 0 Å². The Morgan fingerprint density at radius 3 is 3.00 bits per heavy atom. The average molecular weight is 275 g/mol. The molecule has 1 atom stereocenters. The number of carbonyl (C=O) groups excluding carboxylic acids is 1. The van der Waals surface area contributed by atoms with Crippen LogP contribution in [0.1, 0.15) is 5.69 Å². The predicted octanol–water partition coefficient (Wildman–Crippen LogP) is -0.194. The molecule has 1 aromatic heterocycles. The van der Waals surface area contributed by atoms with E-state index in [2.05, 4.69) is 31.2 Å². The topological polar surface area (TPSA) is 101 Å². The number of amides is 1. The Balaban J connectivity index is 2.58. The number of nitrogens with one attached hydrogen (secondary N) is 1. The molecule has 0 aliphatic carbocycles. The summed E-state index contributed by atoms with van der Waals surface area (Å²) in [6.07, 6.45) is 0.346. The van der Waals surface area contributed by atoms with E-state index < -0.39 is 12.0 Å². The van der Waals surface area contributed by atoms with E-state index in [9.17, 15) is 4.79 Å². The molecular formula is C8H11BrN4O2. The van der Waals surface area contributed by atoms with Gasteiger partial charge in [-0.1, -0.05) is 0 Å². The third-order valence-corrected chi connectivity index (χ3v) is 2.48. The first kappa shape index (κ1) is 11.9. The molecule has 1 unspecified atom stereocenters. The Labute approximate surface area is 95.0 Å². The number of carbonyl (C=O) groups is 1. The SMILES string of the molecule is Cc1nc(NCC(O)C(N)=O)ncc1Br. The maximum atomic E-state index is 10.5. The van der Waals surface area contributed by atoms with Crippen molar-refractivity contribution in [1.29, 1.82) is 0 Å². The second kappa shape index (κ2) is 5.04. The third-order valence-electron chi connectivity index (χ3n) is 1.70. The number of nitrogens with two attached hydrogens (primary N) is 1. The summed E-state index contributed by atoms with van der Waals surface area (Å²) in [6, 6.07) is 0. The number of anilines is 1. The van der Waals surface area contributed by atoms with Crippen LogP contribution in [0.3, 0.4) is 0 Å². The first-order valence-electron chi connectivity index (χ1n) is 4.21. The van der Waals surface area contributed by atoms with E-state index in [0.29, 0.717) is 5.95 Å². The first-order chi connectivity index (χ1) is 7.00. The molecule has 0 aromatic carbocycles. The first-order valence-corrected chi connectivity index (χ1v) is 5.00. The molecule has 6 nitrogen and oxygen atoms in total. The molecule has 1 heterocycles. The number of aliphatic hydroxyl groups is 1. The van der Waals surface area contributed by atoms with Crippen LogP contribution in [-0.2, 0) is 4.79 Å². The molecule has 0 saturated heterocycles. The maximum Gasteiger partial charge on any atom is 0.248 e. The van der Waals surface area contributed by atoms with E-state index in [1.54, 1.807) is 6.20 Å². The fourth-order valence-corrected chi connectivity index (χ4v) is 1.02. The zero-order chi connectivity index (χ0) is 11.4. The molecule has 0 aliphatic rings. The van der Waals surface area contributed by atoms with Crippen LogP contribution in [0, 0.1) is 6.92 Å². The Kier molecular flexibility index (Phi) is 3.98. The van der Waals surface area contributed by atoms with Gasteiger partial charge in [0.05, 0.1) is 16.7 Å². The van der Waals surface area contributed by atoms with E-state index in [0.717, 1.165) is 10.2 Å². The third kappa shape index (κ3) is 3.45. The maximum absolute atomic E-state index is 10.5. The van der Waals surface area contributed by atoms with Crippen LogP contribution in [0.15, 0.2) is 10.7 Å². The second-order valence-electron chi connectivity index (χ2n) is 2.93. The number of rotatable bonds is 4. The van der Waals surface area contributed by atoms with Gasteiger partial charge in [0, 0.05) is 6.20 Å². The number of hydrogen-bond acceptors (Lipinski definition) is 5. The second-order valence-corrected chi connectivity index (χ2v) is 3.78. The van der Waals surface area contributed by atoms with Crippen LogP contribution in [0.2, 0.25) is 0 Å². The van der Waals surface area contributed by atoms with Crippen molar-refractivity contribution < 1.29 is 9.90 Å². The van der Waals surface area contributed by atoms with E-state index in [4.69, 9.17) is 10.8 Å². The van der Waals surface area contributed by atoms with Crippen molar-refractivity contribution in [3.8, 4) is 0 Å². The molecule has 0 fully saturated rings. The van der Waals surface area contributed by atoms with Gasteiger partial charge in [-0.25, -0.2) is 9.97 Å². The van der Waals surface area contributed by atoms with Gasteiger partial charge < -0.3 is 16.2 Å². The zero-order valence-corrected chi connectivity index (χ0v) is 9.65. The molecule has 0 bridgehead atoms. The molecule has 0 spiro atoms. The van der Waals surface area contributed by atoms with Crippen LogP contribution in [0.25, 0.3) is 0 Å². The van der Waals surface area contributed by atoms with Crippen molar-refractivity contribution in [1.82, 2.24) is 9.97 Å². The Morgan fingerprint density at radius 1 is 1.80 bits per heavy atom. The fraction of sp³-hybridized carbons (Fsp3) is 0.375. The van der Waals surface area contributed by atoms with E-state index in [1.165, 1.54) is 0 Å². The smallest absolute Gasteiger partial charge is 0.248 e. The highest BCUT2D eigenvalue weighted by molar-refractivity contribution is 9.10. The van der Waals surface area contributed by atoms with Gasteiger partial charge >= 0.3 is 0 Å². The summed E-state index contributed by atoms with van der Waals surface area (Å²) >= 11 is 3.26. The van der Waals surface area contributed by atoms with Crippen molar-refractivity contribution >= 4 is 27.8 Å². The highest BCUT2D eigenvalue weighted by Gasteiger charge is 2.10. The summed E-state index contributed by atoms with van der Waals surface area (Å²) in [4.78, 5) is 18.5. The highest BCUT2D eigenvalue weighted by atomic mass is 79.9. The van der Waals surface area contributed by atoms with Crippen molar-refractivity contribution in [3.63, 3.8) is 0 Å². The predicted molar refractivity (Wildman–Crippen MR) is 58.2 cm³/mol. The number of halogens is 1. The van der Waals surface area contributed by atoms with Crippen LogP contribution in [-0.4, -0.2) is 33.6 Å². The summed E-state index contributed by atoms with van der Waals surface area (Å²) < 4.78 is 0.795. The number of nitrogens with zero attached hydrogens (tertiary/aromatic N) is 2. The van der Waals surface area contributed by atoms with Gasteiger partial charge in [-0.2, -0.15) is 0 Å². The normalized spacial score (nSPS) is 12.2. The molecule has 15 heavy (non-hydrogen) atoms. The minimum absolute atomic E-state index is 0.00357. The van der Waals surface area contributed by atoms with Crippen LogP contribution < -0.4 is 11.1 Å². The Hall–Kier alpha value is -1.21. The molecule has 0 radical (unpaired) electrons. The van der Waals surface area contributed by atoms with Crippen molar-refractivity contribution in [3.05, 3.63) is 16.4 Å². The van der Waals surface area contributed by atoms with Crippen molar-refractivity contribution in [2.45, 2.75) is 13.0 Å². The minimum Gasteiger partial charge on any atom is -0.381 e. The summed E-state index contributed by atoms with van der Waals surface area (Å²) in [7, 11) is 0. The fourth-order valence-electron chi connectivity index (χ4n) is 0.826. The molecule has 0 saturated carbocycles. The van der Waals surface area contributed by atoms with Crippen molar-refractivity contribution in [2.24, 2.45) is 5.73 Å². The van der Waals surface area contributed by atoms with Gasteiger partial charge in [-0.3, -0.25) is 4.79 Å². The van der Waals surface area contributed by atoms with Gasteiger partial charge in [0.1, 0.15) is 6.10 Å². The number of aryl methyl sites for hydroxylation is 1. The van der Waals surface area contributed by atoms with E-state index >= 15 is 0 Å². The monoisotopic (exact) mass is 274 g/mol. The van der Waals surface area contributed by atoms with Gasteiger partial charge in [-0.05, 0) is 22.9 Å². The molecule has 1 aromatic rings. The molecule has 1 rings (SSSR count). The Bertz CT molecular complexity index is 372. The van der Waals surface area contributed by atoms with E-state index in [1.807, 2.05) is 6.92 Å². The van der Waals surface area contributed by atoms with Crippen LogP contribution in [0.5, 0.6) is 0 Å². The summed E-state index contributed by atoms with van der Waals surface area (Å²) in [5.74, 6) is -0.438. The van der Waals surface area contributed by atoms with Crippen LogP contribution >= 0.6 is 15.9 Å². The van der Waals surface area contributed by atoms with Crippen molar-refractivity contribution in [2.75, 3.05) is 11.9 Å². The van der Waals surface area contributed by atoms with Gasteiger partial charge in [0.2, 0.25) is 11.9 Å². The summed E-state index contributed by atoms with van der Waals surface area (Å²) in [6.45, 7) is 1.80. The molecule has 7 heteroatoms. The molecule has 1 amide bonds. The highest BCUT2D eigenvalue weighted by Crippen LogP contribution is 2.13. The molecule has 82 valence electrons. The lowest BCUT2D eigenvalue weighted by Crippen LogP contribution is -2.34. The standard InChI is InChI=1S/C8H11BrN4O2/c1-4-5(9)2-11-8(13-4)12-3-6(14)7(10)15/h2,6,14H,3H2,1H3,(H2,10,15)(H,11,12,13). The number of aromatic nitrogens is 2. The molecular weight excluding hydrogens is 264 g/mol. The summed E-state index contributed by atoms with van der Waals surface area (Å²) in [5, 5.41) is 11.8. The lowest BCUT2D eigenvalue weighted by atomic mass is 10.3. The van der Waals surface area contributed by atoms with Gasteiger partial charge in [-0.15, -0.1) is 0 Å². The summed E-state index contributed by atoms with van der Waals surface area (Å²) in [5.41, 5.74) is 5.64. The van der Waals surface area contributed by atoms with E-state index in [-0.39, 0.29) is 6.54 Å². The lowest BCUT2D eigenvalue weighted by Gasteiger charge is -2.08. The largest absolute Gasteiger partial charge is 0.381 e. The number of aliphatic hydroxyl groups excluding tert-OH is 1. The number of primary amides is 1. The molecule has 4 N–H and O–H groups in total. The zero-order valence-electron chi connectivity index (χ0n) is 8.07. The average Bonchev–Trinajstić information content (AvgIpc) is 2.19. The van der Waals surface area contributed by atoms with Crippen LogP contribution in [0.4, 0.5) is 5.95 Å². The quantitative estimate of drug-likeness (QED) is 0.706. The van der Waals surface area contributed by atoms with Gasteiger partial charge in [0.25, 0.3) is 0 Å². The minimum atomic E-state index is -1.24. The molecule has 0 aliphatic heterocycles.